The highest BCUT2D eigenvalue weighted by Crippen LogP contribution is 2.20. The first-order chi connectivity index (χ1) is 9.46. The van der Waals surface area contributed by atoms with E-state index in [0.29, 0.717) is 11.3 Å². The fourth-order valence-electron chi connectivity index (χ4n) is 1.49. The molecule has 1 aromatic carbocycles. The second-order valence-electron chi connectivity index (χ2n) is 4.36. The quantitative estimate of drug-likeness (QED) is 0.664. The lowest BCUT2D eigenvalue weighted by atomic mass is 9.99. The fraction of sp³-hybridized carbons (Fsp3) is 0.462. The summed E-state index contributed by atoms with van der Waals surface area (Å²) >= 11 is 1.04. The number of halogens is 2. The summed E-state index contributed by atoms with van der Waals surface area (Å²) in [5.41, 5.74) is -1.05. The molecular formula is C13H17F2NO3S. The normalized spacial score (nSPS) is 11.4. The van der Waals surface area contributed by atoms with Gasteiger partial charge < -0.3 is 15.5 Å². The van der Waals surface area contributed by atoms with Crippen LogP contribution in [0.2, 0.25) is 0 Å². The van der Waals surface area contributed by atoms with Crippen molar-refractivity contribution in [2.45, 2.75) is 23.8 Å². The van der Waals surface area contributed by atoms with E-state index in [-0.39, 0.29) is 19.0 Å². The van der Waals surface area contributed by atoms with Crippen LogP contribution in [0.15, 0.2) is 23.1 Å². The Kier molecular flexibility index (Phi) is 6.38. The standard InChI is InChI=1S/C13H17F2NO3S/c1-2-13(7-17,8-18)16-12(19)6-20-9-3-4-10(14)11(15)5-9/h3-5,17-18H,2,6-8H2,1H3,(H,16,19). The number of benzene rings is 1. The SMILES string of the molecule is CCC(CO)(CO)NC(=O)CSc1ccc(F)c(F)c1. The number of aliphatic hydroxyl groups excluding tert-OH is 2. The van der Waals surface area contributed by atoms with E-state index < -0.39 is 23.1 Å². The van der Waals surface area contributed by atoms with Crippen molar-refractivity contribution in [1.82, 2.24) is 5.32 Å². The first-order valence-corrected chi connectivity index (χ1v) is 7.05. The van der Waals surface area contributed by atoms with Crippen LogP contribution in [-0.2, 0) is 4.79 Å². The number of carbonyl (C=O) groups is 1. The zero-order valence-corrected chi connectivity index (χ0v) is 11.8. The van der Waals surface area contributed by atoms with Crippen molar-refractivity contribution in [3.8, 4) is 0 Å². The molecule has 0 aliphatic carbocycles. The number of amides is 1. The highest BCUT2D eigenvalue weighted by molar-refractivity contribution is 8.00. The number of carbonyl (C=O) groups excluding carboxylic acids is 1. The van der Waals surface area contributed by atoms with Crippen LogP contribution in [-0.4, -0.2) is 40.6 Å². The smallest absolute Gasteiger partial charge is 0.230 e. The topological polar surface area (TPSA) is 69.6 Å². The molecule has 0 unspecified atom stereocenters. The molecule has 0 bridgehead atoms. The minimum absolute atomic E-state index is 0.0210. The molecular weight excluding hydrogens is 288 g/mol. The highest BCUT2D eigenvalue weighted by Gasteiger charge is 2.28. The summed E-state index contributed by atoms with van der Waals surface area (Å²) in [5.74, 6) is -2.33. The van der Waals surface area contributed by atoms with E-state index >= 15 is 0 Å². The summed E-state index contributed by atoms with van der Waals surface area (Å²) in [7, 11) is 0. The molecule has 4 nitrogen and oxygen atoms in total. The Morgan fingerprint density at radius 3 is 2.45 bits per heavy atom. The molecule has 1 aromatic rings. The Bertz CT molecular complexity index is 459. The zero-order chi connectivity index (χ0) is 15.2. The van der Waals surface area contributed by atoms with Crippen molar-refractivity contribution in [2.24, 2.45) is 0 Å². The Morgan fingerprint density at radius 2 is 1.95 bits per heavy atom. The van der Waals surface area contributed by atoms with Gasteiger partial charge in [-0.15, -0.1) is 11.8 Å². The molecule has 1 rings (SSSR count). The van der Waals surface area contributed by atoms with E-state index in [2.05, 4.69) is 5.32 Å². The van der Waals surface area contributed by atoms with Crippen molar-refractivity contribution < 1.29 is 23.8 Å². The maximum atomic E-state index is 13.0. The minimum Gasteiger partial charge on any atom is -0.394 e. The van der Waals surface area contributed by atoms with Gasteiger partial charge in [0.05, 0.1) is 24.5 Å². The Hall–Kier alpha value is -1.18. The molecule has 3 N–H and O–H groups in total. The second kappa shape index (κ2) is 7.56. The van der Waals surface area contributed by atoms with Crippen LogP contribution in [0.5, 0.6) is 0 Å². The van der Waals surface area contributed by atoms with Crippen LogP contribution in [0.3, 0.4) is 0 Å². The molecule has 0 atom stereocenters. The number of hydrogen-bond donors (Lipinski definition) is 3. The minimum atomic E-state index is -1.05. The van der Waals surface area contributed by atoms with Crippen LogP contribution in [0.4, 0.5) is 8.78 Å². The molecule has 0 aliphatic heterocycles. The molecule has 1 amide bonds. The van der Waals surface area contributed by atoms with Gasteiger partial charge in [0.2, 0.25) is 5.91 Å². The first-order valence-electron chi connectivity index (χ1n) is 6.07. The van der Waals surface area contributed by atoms with E-state index in [1.165, 1.54) is 6.07 Å². The van der Waals surface area contributed by atoms with Gasteiger partial charge in [0.1, 0.15) is 0 Å². The lowest BCUT2D eigenvalue weighted by Crippen LogP contribution is -2.54. The first kappa shape index (κ1) is 16.9. The molecule has 0 aromatic heterocycles. The Morgan fingerprint density at radius 1 is 1.30 bits per heavy atom. The van der Waals surface area contributed by atoms with Gasteiger partial charge >= 0.3 is 0 Å². The van der Waals surface area contributed by atoms with Gasteiger partial charge in [-0.1, -0.05) is 6.92 Å². The zero-order valence-electron chi connectivity index (χ0n) is 11.0. The summed E-state index contributed by atoms with van der Waals surface area (Å²) in [4.78, 5) is 12.2. The second-order valence-corrected chi connectivity index (χ2v) is 5.41. The van der Waals surface area contributed by atoms with E-state index in [1.807, 2.05) is 0 Å². The van der Waals surface area contributed by atoms with Gasteiger partial charge in [-0.25, -0.2) is 8.78 Å². The number of aliphatic hydroxyl groups is 2. The van der Waals surface area contributed by atoms with E-state index in [1.54, 1.807) is 6.92 Å². The summed E-state index contributed by atoms with van der Waals surface area (Å²) in [5, 5.41) is 21.0. The van der Waals surface area contributed by atoms with E-state index in [9.17, 15) is 23.8 Å². The molecule has 0 saturated carbocycles. The van der Waals surface area contributed by atoms with Crippen LogP contribution >= 0.6 is 11.8 Å². The van der Waals surface area contributed by atoms with Crippen molar-refractivity contribution in [3.63, 3.8) is 0 Å². The lowest BCUT2D eigenvalue weighted by Gasteiger charge is -2.29. The summed E-state index contributed by atoms with van der Waals surface area (Å²) in [6.07, 6.45) is 0.377. The van der Waals surface area contributed by atoms with Gasteiger partial charge in [0.15, 0.2) is 11.6 Å². The van der Waals surface area contributed by atoms with Crippen molar-refractivity contribution in [2.75, 3.05) is 19.0 Å². The molecule has 0 spiro atoms. The third-order valence-electron chi connectivity index (χ3n) is 2.95. The average Bonchev–Trinajstić information content (AvgIpc) is 2.46. The van der Waals surface area contributed by atoms with Crippen LogP contribution in [0.25, 0.3) is 0 Å². The molecule has 0 saturated heterocycles. The monoisotopic (exact) mass is 305 g/mol. The van der Waals surface area contributed by atoms with Gasteiger partial charge in [0, 0.05) is 4.90 Å². The Labute approximate surface area is 120 Å². The molecule has 0 radical (unpaired) electrons. The van der Waals surface area contributed by atoms with Crippen molar-refractivity contribution >= 4 is 17.7 Å². The maximum absolute atomic E-state index is 13.0. The number of thioether (sulfide) groups is 1. The molecule has 112 valence electrons. The Balaban J connectivity index is 2.56. The van der Waals surface area contributed by atoms with Crippen LogP contribution in [0.1, 0.15) is 13.3 Å². The largest absolute Gasteiger partial charge is 0.394 e. The van der Waals surface area contributed by atoms with Gasteiger partial charge in [0.25, 0.3) is 0 Å². The average molecular weight is 305 g/mol. The predicted molar refractivity (Wildman–Crippen MR) is 72.4 cm³/mol. The molecule has 0 heterocycles. The third kappa shape index (κ3) is 4.43. The molecule has 7 heteroatoms. The maximum Gasteiger partial charge on any atom is 0.230 e. The predicted octanol–water partition coefficient (Wildman–Crippen LogP) is 1.31. The molecule has 20 heavy (non-hydrogen) atoms. The number of nitrogens with one attached hydrogen (secondary N) is 1. The third-order valence-corrected chi connectivity index (χ3v) is 3.94. The van der Waals surface area contributed by atoms with Crippen LogP contribution < -0.4 is 5.32 Å². The summed E-state index contributed by atoms with van der Waals surface area (Å²) < 4.78 is 25.7. The fourth-order valence-corrected chi connectivity index (χ4v) is 2.21. The number of hydrogen-bond acceptors (Lipinski definition) is 4. The van der Waals surface area contributed by atoms with E-state index in [4.69, 9.17) is 0 Å². The van der Waals surface area contributed by atoms with E-state index in [0.717, 1.165) is 23.9 Å². The van der Waals surface area contributed by atoms with Crippen molar-refractivity contribution in [3.05, 3.63) is 29.8 Å². The van der Waals surface area contributed by atoms with Crippen molar-refractivity contribution in [1.29, 1.82) is 0 Å². The number of rotatable bonds is 7. The molecule has 0 fully saturated rings. The summed E-state index contributed by atoms with van der Waals surface area (Å²) in [6, 6.07) is 3.38. The summed E-state index contributed by atoms with van der Waals surface area (Å²) in [6.45, 7) is 0.985. The highest BCUT2D eigenvalue weighted by atomic mass is 32.2. The molecule has 0 aliphatic rings. The van der Waals surface area contributed by atoms with Gasteiger partial charge in [-0.05, 0) is 24.6 Å². The van der Waals surface area contributed by atoms with Crippen LogP contribution in [0, 0.1) is 11.6 Å². The van der Waals surface area contributed by atoms with Gasteiger partial charge in [-0.2, -0.15) is 0 Å². The lowest BCUT2D eigenvalue weighted by molar-refractivity contribution is -0.121. The van der Waals surface area contributed by atoms with Gasteiger partial charge in [-0.3, -0.25) is 4.79 Å².